The molecule has 1 aromatic heterocycles. The van der Waals surface area contributed by atoms with E-state index in [4.69, 9.17) is 21.1 Å². The molecule has 0 unspecified atom stereocenters. The SMILES string of the molecule is O=C(N/N=C\c1cc(Cl)c2c(c1)OCCO2)c1ccc(Br)s1. The smallest absolute Gasteiger partial charge is 0.281 e. The van der Waals surface area contributed by atoms with Crippen LogP contribution in [0.25, 0.3) is 0 Å². The van der Waals surface area contributed by atoms with Gasteiger partial charge in [-0.1, -0.05) is 11.6 Å². The van der Waals surface area contributed by atoms with Crippen LogP contribution in [0.4, 0.5) is 0 Å². The number of amides is 1. The molecule has 2 aromatic rings. The van der Waals surface area contributed by atoms with E-state index in [-0.39, 0.29) is 5.91 Å². The van der Waals surface area contributed by atoms with Crippen LogP contribution < -0.4 is 14.9 Å². The third kappa shape index (κ3) is 3.43. The molecule has 0 spiro atoms. The highest BCUT2D eigenvalue weighted by Crippen LogP contribution is 2.37. The Morgan fingerprint density at radius 2 is 2.18 bits per heavy atom. The molecule has 1 aromatic carbocycles. The lowest BCUT2D eigenvalue weighted by Crippen LogP contribution is -2.17. The second-order valence-corrected chi connectivity index (χ2v) is 7.20. The Hall–Kier alpha value is -1.57. The van der Waals surface area contributed by atoms with Crippen LogP contribution in [0, 0.1) is 0 Å². The van der Waals surface area contributed by atoms with Gasteiger partial charge >= 0.3 is 0 Å². The summed E-state index contributed by atoms with van der Waals surface area (Å²) in [5, 5.41) is 4.38. The third-order valence-electron chi connectivity index (χ3n) is 2.80. The number of nitrogens with zero attached hydrogens (tertiary/aromatic N) is 1. The predicted octanol–water partition coefficient (Wildman–Crippen LogP) is 3.70. The molecule has 1 aliphatic heterocycles. The fraction of sp³-hybridized carbons (Fsp3) is 0.143. The Balaban J connectivity index is 1.70. The monoisotopic (exact) mass is 400 g/mol. The van der Waals surface area contributed by atoms with Crippen molar-refractivity contribution < 1.29 is 14.3 Å². The van der Waals surface area contributed by atoms with Crippen molar-refractivity contribution in [3.8, 4) is 11.5 Å². The van der Waals surface area contributed by atoms with E-state index in [1.165, 1.54) is 17.6 Å². The molecule has 0 saturated heterocycles. The lowest BCUT2D eigenvalue weighted by molar-refractivity contribution is 0.0959. The van der Waals surface area contributed by atoms with Gasteiger partial charge in [0.05, 0.1) is 19.9 Å². The zero-order chi connectivity index (χ0) is 15.5. The molecule has 8 heteroatoms. The Bertz CT molecular complexity index is 748. The van der Waals surface area contributed by atoms with Crippen LogP contribution >= 0.6 is 38.9 Å². The molecule has 0 fully saturated rings. The number of carbonyl (C=O) groups excluding carboxylic acids is 1. The van der Waals surface area contributed by atoms with Crippen molar-refractivity contribution in [2.45, 2.75) is 0 Å². The summed E-state index contributed by atoms with van der Waals surface area (Å²) in [6.45, 7) is 0.959. The van der Waals surface area contributed by atoms with Gasteiger partial charge in [0.1, 0.15) is 13.2 Å². The lowest BCUT2D eigenvalue weighted by Gasteiger charge is -2.19. The topological polar surface area (TPSA) is 59.9 Å². The largest absolute Gasteiger partial charge is 0.486 e. The van der Waals surface area contributed by atoms with Gasteiger partial charge in [-0.25, -0.2) is 5.43 Å². The number of halogens is 2. The van der Waals surface area contributed by atoms with Gasteiger partial charge in [-0.15, -0.1) is 11.3 Å². The second-order valence-electron chi connectivity index (χ2n) is 4.33. The van der Waals surface area contributed by atoms with Gasteiger partial charge in [-0.05, 0) is 45.8 Å². The van der Waals surface area contributed by atoms with Crippen LogP contribution in [-0.4, -0.2) is 25.3 Å². The second kappa shape index (κ2) is 6.68. The molecule has 1 aliphatic rings. The summed E-state index contributed by atoms with van der Waals surface area (Å²) in [6.07, 6.45) is 1.50. The van der Waals surface area contributed by atoms with Crippen molar-refractivity contribution in [1.82, 2.24) is 5.43 Å². The van der Waals surface area contributed by atoms with Crippen molar-refractivity contribution in [3.63, 3.8) is 0 Å². The highest BCUT2D eigenvalue weighted by Gasteiger charge is 2.16. The van der Waals surface area contributed by atoms with Gasteiger partial charge < -0.3 is 9.47 Å². The molecule has 5 nitrogen and oxygen atoms in total. The average Bonchev–Trinajstić information content (AvgIpc) is 2.94. The van der Waals surface area contributed by atoms with E-state index in [0.717, 1.165) is 3.79 Å². The first-order valence-corrected chi connectivity index (χ1v) is 8.30. The molecule has 2 heterocycles. The Kier molecular flexibility index (Phi) is 4.66. The van der Waals surface area contributed by atoms with Crippen molar-refractivity contribution in [3.05, 3.63) is 43.5 Å². The van der Waals surface area contributed by atoms with E-state index in [1.54, 1.807) is 18.2 Å². The number of nitrogens with one attached hydrogen (secondary N) is 1. The summed E-state index contributed by atoms with van der Waals surface area (Å²) >= 11 is 10.8. The highest BCUT2D eigenvalue weighted by molar-refractivity contribution is 9.11. The van der Waals surface area contributed by atoms with Crippen LogP contribution in [0.15, 0.2) is 33.2 Å². The molecule has 1 N–H and O–H groups in total. The van der Waals surface area contributed by atoms with Crippen molar-refractivity contribution in [2.24, 2.45) is 5.10 Å². The minimum atomic E-state index is -0.268. The Labute approximate surface area is 144 Å². The number of fused-ring (bicyclic) bond motifs is 1. The summed E-state index contributed by atoms with van der Waals surface area (Å²) in [6, 6.07) is 6.99. The fourth-order valence-corrected chi connectivity index (χ4v) is 3.41. The number of benzene rings is 1. The van der Waals surface area contributed by atoms with Crippen LogP contribution in [0.5, 0.6) is 11.5 Å². The average molecular weight is 402 g/mol. The first kappa shape index (κ1) is 15.3. The van der Waals surface area contributed by atoms with Crippen LogP contribution in [0.2, 0.25) is 5.02 Å². The van der Waals surface area contributed by atoms with Gasteiger partial charge in [0.2, 0.25) is 0 Å². The van der Waals surface area contributed by atoms with E-state index in [1.807, 2.05) is 6.07 Å². The molecule has 0 aliphatic carbocycles. The normalized spacial score (nSPS) is 13.4. The van der Waals surface area contributed by atoms with Gasteiger partial charge in [0.15, 0.2) is 11.5 Å². The molecule has 0 atom stereocenters. The maximum absolute atomic E-state index is 11.8. The van der Waals surface area contributed by atoms with Gasteiger partial charge in [0.25, 0.3) is 5.91 Å². The zero-order valence-electron chi connectivity index (χ0n) is 11.1. The molecule has 22 heavy (non-hydrogen) atoms. The number of thiophene rings is 1. The third-order valence-corrected chi connectivity index (χ3v) is 4.70. The van der Waals surface area contributed by atoms with E-state index < -0.39 is 0 Å². The number of rotatable bonds is 3. The van der Waals surface area contributed by atoms with Crippen LogP contribution in [0.1, 0.15) is 15.2 Å². The Morgan fingerprint density at radius 3 is 2.95 bits per heavy atom. The van der Waals surface area contributed by atoms with Crippen LogP contribution in [-0.2, 0) is 0 Å². The number of hydrogen-bond donors (Lipinski definition) is 1. The molecule has 1 amide bonds. The van der Waals surface area contributed by atoms with Gasteiger partial charge in [-0.3, -0.25) is 4.79 Å². The summed E-state index contributed by atoms with van der Waals surface area (Å²) < 4.78 is 11.8. The highest BCUT2D eigenvalue weighted by atomic mass is 79.9. The van der Waals surface area contributed by atoms with E-state index in [9.17, 15) is 4.79 Å². The first-order chi connectivity index (χ1) is 10.6. The van der Waals surface area contributed by atoms with Crippen LogP contribution in [0.3, 0.4) is 0 Å². The minimum absolute atomic E-state index is 0.268. The molecule has 0 bridgehead atoms. The Morgan fingerprint density at radius 1 is 1.36 bits per heavy atom. The van der Waals surface area contributed by atoms with Gasteiger partial charge in [-0.2, -0.15) is 5.10 Å². The van der Waals surface area contributed by atoms with Gasteiger partial charge in [0, 0.05) is 0 Å². The summed E-state index contributed by atoms with van der Waals surface area (Å²) in [4.78, 5) is 12.4. The van der Waals surface area contributed by atoms with E-state index in [2.05, 4.69) is 26.5 Å². The zero-order valence-corrected chi connectivity index (χ0v) is 14.3. The quantitative estimate of drug-likeness (QED) is 0.630. The van der Waals surface area contributed by atoms with Crippen molar-refractivity contribution in [1.29, 1.82) is 0 Å². The molecule has 3 rings (SSSR count). The maximum Gasteiger partial charge on any atom is 0.281 e. The van der Waals surface area contributed by atoms with Crippen molar-refractivity contribution in [2.75, 3.05) is 13.2 Å². The van der Waals surface area contributed by atoms with Crippen molar-refractivity contribution >= 4 is 51.0 Å². The lowest BCUT2D eigenvalue weighted by atomic mass is 10.2. The molecule has 114 valence electrons. The molecule has 0 saturated carbocycles. The predicted molar refractivity (Wildman–Crippen MR) is 89.5 cm³/mol. The molecule has 0 radical (unpaired) electrons. The summed E-state index contributed by atoms with van der Waals surface area (Å²) in [7, 11) is 0. The number of carbonyl (C=O) groups is 1. The summed E-state index contributed by atoms with van der Waals surface area (Å²) in [5.41, 5.74) is 3.18. The minimum Gasteiger partial charge on any atom is -0.486 e. The van der Waals surface area contributed by atoms with E-state index >= 15 is 0 Å². The van der Waals surface area contributed by atoms with E-state index in [0.29, 0.717) is 40.2 Å². The number of hydrazone groups is 1. The standard InChI is InChI=1S/C14H10BrClN2O3S/c15-12-2-1-11(22-12)14(19)18-17-7-8-5-9(16)13-10(6-8)20-3-4-21-13/h1-2,5-7H,3-4H2,(H,18,19)/b17-7-. The number of hydrogen-bond acceptors (Lipinski definition) is 5. The molecular weight excluding hydrogens is 392 g/mol. The first-order valence-electron chi connectivity index (χ1n) is 6.31. The summed E-state index contributed by atoms with van der Waals surface area (Å²) in [5.74, 6) is 0.849. The number of ether oxygens (including phenoxy) is 2. The fourth-order valence-electron chi connectivity index (χ4n) is 1.86. The maximum atomic E-state index is 11.8. The molecular formula is C14H10BrClN2O3S.